The van der Waals surface area contributed by atoms with Gasteiger partial charge in [-0.3, -0.25) is 9.10 Å². The first-order valence-corrected chi connectivity index (χ1v) is 14.6. The molecule has 0 fully saturated rings. The van der Waals surface area contributed by atoms with E-state index >= 15 is 0 Å². The molecule has 0 unspecified atom stereocenters. The minimum Gasteiger partial charge on any atom is -0.465 e. The minimum absolute atomic E-state index is 0.0664. The van der Waals surface area contributed by atoms with Gasteiger partial charge in [0.05, 0.1) is 41.1 Å². The van der Waals surface area contributed by atoms with Crippen LogP contribution in [-0.4, -0.2) is 65.2 Å². The van der Waals surface area contributed by atoms with Crippen LogP contribution in [0.2, 0.25) is 0 Å². The number of benzene rings is 3. The van der Waals surface area contributed by atoms with Crippen molar-refractivity contribution in [1.29, 1.82) is 0 Å². The highest BCUT2D eigenvalue weighted by Gasteiger charge is 2.29. The molecule has 9 nitrogen and oxygen atoms in total. The fourth-order valence-corrected chi connectivity index (χ4v) is 6.03. The smallest absolute Gasteiger partial charge is 0.337 e. The van der Waals surface area contributed by atoms with Gasteiger partial charge in [-0.15, -0.1) is 0 Å². The highest BCUT2D eigenvalue weighted by atomic mass is 32.2. The summed E-state index contributed by atoms with van der Waals surface area (Å²) in [4.78, 5) is 27.2. The van der Waals surface area contributed by atoms with E-state index in [1.54, 1.807) is 42.5 Å². The van der Waals surface area contributed by atoms with E-state index in [-0.39, 0.29) is 11.7 Å². The van der Waals surface area contributed by atoms with Crippen molar-refractivity contribution in [2.24, 2.45) is 0 Å². The molecule has 0 atom stereocenters. The summed E-state index contributed by atoms with van der Waals surface area (Å²) in [5.74, 6) is -0.728. The number of nitrogens with one attached hydrogen (secondary N) is 2. The molecule has 1 heterocycles. The number of methoxy groups -OCH3 is 1. The largest absolute Gasteiger partial charge is 0.465 e. The average molecular weight is 563 g/mol. The molecule has 0 radical (unpaired) electrons. The number of rotatable bonds is 11. The van der Waals surface area contributed by atoms with Crippen molar-refractivity contribution in [3.05, 3.63) is 89.5 Å². The second-order valence-electron chi connectivity index (χ2n) is 9.69. The van der Waals surface area contributed by atoms with Crippen LogP contribution < -0.4 is 14.9 Å². The molecule has 10 heteroatoms. The molecule has 0 spiro atoms. The van der Waals surface area contributed by atoms with Crippen molar-refractivity contribution in [3.63, 3.8) is 0 Å². The van der Waals surface area contributed by atoms with Gasteiger partial charge in [0.2, 0.25) is 10.0 Å². The van der Waals surface area contributed by atoms with Gasteiger partial charge in [0.15, 0.2) is 0 Å². The highest BCUT2D eigenvalue weighted by Crippen LogP contribution is 2.38. The molecule has 0 aromatic heterocycles. The Balaban J connectivity index is 1.73. The number of fused-ring (bicyclic) bond motifs is 1. The van der Waals surface area contributed by atoms with Gasteiger partial charge in [0.25, 0.3) is 5.91 Å². The van der Waals surface area contributed by atoms with Gasteiger partial charge in [-0.05, 0) is 62.5 Å². The van der Waals surface area contributed by atoms with E-state index in [0.29, 0.717) is 59.0 Å². The predicted octanol–water partition coefficient (Wildman–Crippen LogP) is 4.51. The van der Waals surface area contributed by atoms with Crippen LogP contribution in [0.5, 0.6) is 0 Å². The average Bonchev–Trinajstić information content (AvgIpc) is 3.26. The summed E-state index contributed by atoms with van der Waals surface area (Å²) in [7, 11) is 1.65. The molecule has 210 valence electrons. The molecule has 0 saturated carbocycles. The van der Waals surface area contributed by atoms with Gasteiger partial charge in [-0.25, -0.2) is 13.2 Å². The van der Waals surface area contributed by atoms with E-state index in [4.69, 9.17) is 4.74 Å². The Hall–Kier alpha value is -4.15. The second kappa shape index (κ2) is 12.4. The maximum absolute atomic E-state index is 13.2. The number of amides is 1. The lowest BCUT2D eigenvalue weighted by atomic mass is 9.99. The number of carbonyl (C=O) groups excluding carboxylic acids is 2. The molecule has 0 bridgehead atoms. The molecule has 1 aliphatic heterocycles. The van der Waals surface area contributed by atoms with Gasteiger partial charge in [0.1, 0.15) is 0 Å². The van der Waals surface area contributed by atoms with Crippen LogP contribution in [0.3, 0.4) is 0 Å². The normalized spacial score (nSPS) is 14.0. The summed E-state index contributed by atoms with van der Waals surface area (Å²) < 4.78 is 32.3. The zero-order valence-electron chi connectivity index (χ0n) is 23.1. The molecule has 3 aromatic rings. The molecule has 1 amide bonds. The topological polar surface area (TPSA) is 108 Å². The van der Waals surface area contributed by atoms with Gasteiger partial charge in [0, 0.05) is 24.3 Å². The molecule has 3 aromatic carbocycles. The number of ether oxygens (including phenoxy) is 1. The van der Waals surface area contributed by atoms with E-state index in [1.807, 2.05) is 56.3 Å². The quantitative estimate of drug-likeness (QED) is 0.261. The van der Waals surface area contributed by atoms with E-state index in [1.165, 1.54) is 11.4 Å². The Morgan fingerprint density at radius 3 is 2.27 bits per heavy atom. The summed E-state index contributed by atoms with van der Waals surface area (Å²) in [6.45, 7) is 2.77. The van der Waals surface area contributed by atoms with Gasteiger partial charge in [-0.2, -0.15) is 0 Å². The van der Waals surface area contributed by atoms with Crippen LogP contribution in [0.1, 0.15) is 34.8 Å². The molecular formula is C30H34N4O5S. The number of likely N-dealkylation sites (N-methyl/N-ethyl adjacent to an activating group) is 1. The molecule has 0 saturated heterocycles. The van der Waals surface area contributed by atoms with Crippen molar-refractivity contribution in [1.82, 2.24) is 4.90 Å². The Labute approximate surface area is 235 Å². The first-order chi connectivity index (χ1) is 19.1. The van der Waals surface area contributed by atoms with E-state index in [0.717, 1.165) is 5.56 Å². The number of anilines is 3. The van der Waals surface area contributed by atoms with Gasteiger partial charge in [-0.1, -0.05) is 43.3 Å². The molecule has 0 aliphatic carbocycles. The summed E-state index contributed by atoms with van der Waals surface area (Å²) in [5.41, 5.74) is 4.58. The molecular weight excluding hydrogens is 528 g/mol. The van der Waals surface area contributed by atoms with Crippen molar-refractivity contribution in [2.75, 3.05) is 55.0 Å². The first kappa shape index (κ1) is 28.8. The third kappa shape index (κ3) is 6.35. The van der Waals surface area contributed by atoms with Gasteiger partial charge >= 0.3 is 5.97 Å². The zero-order chi connectivity index (χ0) is 28.9. The van der Waals surface area contributed by atoms with Crippen molar-refractivity contribution >= 4 is 50.2 Å². The minimum atomic E-state index is -3.47. The lowest BCUT2D eigenvalue weighted by molar-refractivity contribution is -0.110. The fourth-order valence-electron chi connectivity index (χ4n) is 4.49. The van der Waals surface area contributed by atoms with E-state index in [9.17, 15) is 18.0 Å². The highest BCUT2D eigenvalue weighted by molar-refractivity contribution is 7.92. The number of esters is 1. The van der Waals surface area contributed by atoms with Crippen LogP contribution in [0.15, 0.2) is 72.8 Å². The number of hydrogen-bond donors (Lipinski definition) is 2. The Morgan fingerprint density at radius 2 is 1.65 bits per heavy atom. The standard InChI is InChI=1S/C30H34N4O5S/c1-5-19-40(37,38)34(18-17-33(2)3)24-14-12-23(13-15-24)31-28(21-9-7-6-8-10-21)27-25-16-11-22(30(36)39-4)20-26(25)32-29(27)35/h6-16,20,31H,5,17-19H2,1-4H3,(H,32,35)/b28-27-. The first-order valence-electron chi connectivity index (χ1n) is 13.0. The summed E-state index contributed by atoms with van der Waals surface area (Å²) in [6, 6.07) is 21.6. The van der Waals surface area contributed by atoms with Crippen LogP contribution >= 0.6 is 0 Å². The predicted molar refractivity (Wildman–Crippen MR) is 160 cm³/mol. The van der Waals surface area contributed by atoms with E-state index < -0.39 is 16.0 Å². The third-order valence-corrected chi connectivity index (χ3v) is 8.46. The molecule has 2 N–H and O–H groups in total. The van der Waals surface area contributed by atoms with Crippen LogP contribution in [-0.2, 0) is 19.6 Å². The Kier molecular flexibility index (Phi) is 8.91. The second-order valence-corrected chi connectivity index (χ2v) is 11.7. The summed E-state index contributed by atoms with van der Waals surface area (Å²) in [5, 5.41) is 6.24. The van der Waals surface area contributed by atoms with Crippen molar-refractivity contribution in [3.8, 4) is 0 Å². The van der Waals surface area contributed by atoms with Crippen molar-refractivity contribution in [2.45, 2.75) is 13.3 Å². The van der Waals surface area contributed by atoms with Crippen LogP contribution in [0, 0.1) is 0 Å². The maximum Gasteiger partial charge on any atom is 0.337 e. The number of nitrogens with zero attached hydrogens (tertiary/aromatic N) is 2. The summed E-state index contributed by atoms with van der Waals surface area (Å²) >= 11 is 0. The van der Waals surface area contributed by atoms with Crippen LogP contribution in [0.25, 0.3) is 11.3 Å². The fraction of sp³-hybridized carbons (Fsp3) is 0.267. The Morgan fingerprint density at radius 1 is 0.950 bits per heavy atom. The molecule has 1 aliphatic rings. The Bertz CT molecular complexity index is 1520. The number of sulfonamides is 1. The molecule has 4 rings (SSSR count). The third-order valence-electron chi connectivity index (χ3n) is 6.47. The molecule has 40 heavy (non-hydrogen) atoms. The summed E-state index contributed by atoms with van der Waals surface area (Å²) in [6.07, 6.45) is 0.527. The maximum atomic E-state index is 13.2. The number of hydrogen-bond acceptors (Lipinski definition) is 7. The lowest BCUT2D eigenvalue weighted by Crippen LogP contribution is -2.38. The number of carbonyl (C=O) groups is 2. The SMILES string of the molecule is CCCS(=O)(=O)N(CCN(C)C)c1ccc(N/C(=C2\C(=O)Nc3cc(C(=O)OC)ccc32)c2ccccc2)cc1. The van der Waals surface area contributed by atoms with E-state index in [2.05, 4.69) is 10.6 Å². The lowest BCUT2D eigenvalue weighted by Gasteiger charge is -2.26. The zero-order valence-corrected chi connectivity index (χ0v) is 23.9. The monoisotopic (exact) mass is 562 g/mol. The van der Waals surface area contributed by atoms with Crippen molar-refractivity contribution < 1.29 is 22.7 Å². The van der Waals surface area contributed by atoms with Gasteiger partial charge < -0.3 is 20.3 Å². The van der Waals surface area contributed by atoms with Crippen LogP contribution in [0.4, 0.5) is 17.1 Å².